The lowest BCUT2D eigenvalue weighted by atomic mass is 10.1. The lowest BCUT2D eigenvalue weighted by Crippen LogP contribution is -2.46. The second-order valence-electron chi connectivity index (χ2n) is 7.21. The summed E-state index contributed by atoms with van der Waals surface area (Å²) in [6.07, 6.45) is 0.998. The van der Waals surface area contributed by atoms with Crippen LogP contribution in [-0.4, -0.2) is 49.5 Å². The Morgan fingerprint density at radius 2 is 1.93 bits per heavy atom. The smallest absolute Gasteiger partial charge is 0.254 e. The number of nitrogens with one attached hydrogen (secondary N) is 1. The van der Waals surface area contributed by atoms with E-state index in [1.165, 1.54) is 22.8 Å². The van der Waals surface area contributed by atoms with Crippen LogP contribution < -0.4 is 15.0 Å². The Morgan fingerprint density at radius 3 is 2.57 bits per heavy atom. The lowest BCUT2D eigenvalue weighted by molar-refractivity contribution is -0.131. The lowest BCUT2D eigenvalue weighted by Gasteiger charge is -2.32. The predicted octanol–water partition coefficient (Wildman–Crippen LogP) is 1.18. The first-order chi connectivity index (χ1) is 14.2. The average molecular weight is 437 g/mol. The number of likely N-dealkylation sites (tertiary alicyclic amines) is 1. The van der Waals surface area contributed by atoms with Gasteiger partial charge in [0.2, 0.25) is 15.9 Å². The van der Waals surface area contributed by atoms with Crippen molar-refractivity contribution in [1.82, 2.24) is 14.2 Å². The number of aryl methyl sites for hydroxylation is 1. The highest BCUT2D eigenvalue weighted by Crippen LogP contribution is 2.19. The molecule has 8 nitrogen and oxygen atoms in total. The third-order valence-corrected chi connectivity index (χ3v) is 6.49. The van der Waals surface area contributed by atoms with Gasteiger partial charge in [-0.15, -0.1) is 0 Å². The van der Waals surface area contributed by atoms with Crippen LogP contribution in [0.3, 0.4) is 0 Å². The van der Waals surface area contributed by atoms with Gasteiger partial charge in [0.05, 0.1) is 11.4 Å². The maximum absolute atomic E-state index is 13.2. The number of carbonyl (C=O) groups is 1. The molecule has 1 aromatic heterocycles. The molecule has 2 aromatic rings. The van der Waals surface area contributed by atoms with Crippen molar-refractivity contribution >= 4 is 15.9 Å². The van der Waals surface area contributed by atoms with Crippen molar-refractivity contribution in [2.24, 2.45) is 7.05 Å². The quantitative estimate of drug-likeness (QED) is 0.732. The molecule has 0 aliphatic carbocycles. The topological polar surface area (TPSA) is 97.7 Å². The molecular weight excluding hydrogens is 413 g/mol. The zero-order chi connectivity index (χ0) is 21.9. The number of pyridine rings is 1. The molecule has 3 rings (SSSR count). The van der Waals surface area contributed by atoms with E-state index in [1.54, 1.807) is 18.0 Å². The number of amides is 1. The highest BCUT2D eigenvalue weighted by Gasteiger charge is 2.25. The molecule has 1 fully saturated rings. The molecular formula is C20H24FN3O5S. The van der Waals surface area contributed by atoms with Crippen LogP contribution in [0.2, 0.25) is 0 Å². The number of nitrogens with zero attached hydrogens (tertiary/aromatic N) is 2. The molecule has 10 heteroatoms. The van der Waals surface area contributed by atoms with E-state index in [9.17, 15) is 22.4 Å². The summed E-state index contributed by atoms with van der Waals surface area (Å²) in [5, 5.41) is 0. The summed E-state index contributed by atoms with van der Waals surface area (Å²) in [5.41, 5.74) is 0.638. The first-order valence-electron chi connectivity index (χ1n) is 9.53. The van der Waals surface area contributed by atoms with Crippen LogP contribution in [0.5, 0.6) is 5.75 Å². The van der Waals surface area contributed by atoms with E-state index in [2.05, 4.69) is 4.72 Å². The highest BCUT2D eigenvalue weighted by atomic mass is 32.2. The van der Waals surface area contributed by atoms with Crippen LogP contribution >= 0.6 is 0 Å². The van der Waals surface area contributed by atoms with Gasteiger partial charge in [0.1, 0.15) is 17.7 Å². The molecule has 1 N–H and O–H groups in total. The molecule has 1 amide bonds. The molecule has 0 saturated carbocycles. The van der Waals surface area contributed by atoms with Crippen molar-refractivity contribution in [3.63, 3.8) is 0 Å². The standard InChI is InChI=1S/C20H24FN3O5S/c1-14-10-17(12-19(25)23(14)2)29-16-6-8-24(9-7-16)20(26)13-22-30(27,28)18-5-3-4-15(21)11-18/h3-5,10-12,16,22H,6-9,13H2,1-2H3. The van der Waals surface area contributed by atoms with Crippen LogP contribution in [0.1, 0.15) is 18.5 Å². The molecule has 1 saturated heterocycles. The number of aromatic nitrogens is 1. The van der Waals surface area contributed by atoms with Gasteiger partial charge >= 0.3 is 0 Å². The van der Waals surface area contributed by atoms with Gasteiger partial charge in [-0.1, -0.05) is 6.07 Å². The number of ether oxygens (including phenoxy) is 1. The number of halogens is 1. The maximum Gasteiger partial charge on any atom is 0.254 e. The van der Waals surface area contributed by atoms with Gasteiger partial charge in [0.15, 0.2) is 0 Å². The van der Waals surface area contributed by atoms with Crippen molar-refractivity contribution in [1.29, 1.82) is 0 Å². The van der Waals surface area contributed by atoms with Gasteiger partial charge in [0, 0.05) is 44.7 Å². The normalized spacial score (nSPS) is 15.2. The van der Waals surface area contributed by atoms with E-state index < -0.39 is 22.4 Å². The number of carbonyl (C=O) groups excluding carboxylic acids is 1. The molecule has 0 spiro atoms. The minimum absolute atomic E-state index is 0.135. The first-order valence-corrected chi connectivity index (χ1v) is 11.0. The Labute approximate surface area is 174 Å². The Hall–Kier alpha value is -2.72. The van der Waals surface area contributed by atoms with Gasteiger partial charge in [-0.05, 0) is 31.2 Å². The van der Waals surface area contributed by atoms with Crippen LogP contribution in [0.25, 0.3) is 0 Å². The van der Waals surface area contributed by atoms with Gasteiger partial charge in [-0.25, -0.2) is 17.5 Å². The van der Waals surface area contributed by atoms with Crippen LogP contribution in [0.15, 0.2) is 46.1 Å². The number of piperidine rings is 1. The monoisotopic (exact) mass is 437 g/mol. The SMILES string of the molecule is Cc1cc(OC2CCN(C(=O)CNS(=O)(=O)c3cccc(F)c3)CC2)cc(=O)n1C. The maximum atomic E-state index is 13.2. The molecule has 1 aromatic carbocycles. The van der Waals surface area contributed by atoms with E-state index in [-0.39, 0.29) is 22.5 Å². The van der Waals surface area contributed by atoms with E-state index in [0.717, 1.165) is 17.8 Å². The van der Waals surface area contributed by atoms with Crippen molar-refractivity contribution in [2.75, 3.05) is 19.6 Å². The Kier molecular flexibility index (Phi) is 6.57. The minimum Gasteiger partial charge on any atom is -0.490 e. The van der Waals surface area contributed by atoms with Crippen molar-refractivity contribution < 1.29 is 22.3 Å². The summed E-state index contributed by atoms with van der Waals surface area (Å²) in [4.78, 5) is 25.6. The molecule has 2 heterocycles. The molecule has 1 aliphatic heterocycles. The predicted molar refractivity (Wildman–Crippen MR) is 108 cm³/mol. The number of benzene rings is 1. The van der Waals surface area contributed by atoms with Gasteiger partial charge in [0.25, 0.3) is 5.56 Å². The summed E-state index contributed by atoms with van der Waals surface area (Å²) in [7, 11) is -2.28. The zero-order valence-corrected chi connectivity index (χ0v) is 17.6. The largest absolute Gasteiger partial charge is 0.490 e. The molecule has 0 unspecified atom stereocenters. The minimum atomic E-state index is -3.97. The third-order valence-electron chi connectivity index (χ3n) is 5.09. The van der Waals surface area contributed by atoms with Crippen molar-refractivity contribution in [2.45, 2.75) is 30.8 Å². The van der Waals surface area contributed by atoms with Crippen LogP contribution in [0.4, 0.5) is 4.39 Å². The van der Waals surface area contributed by atoms with Crippen molar-refractivity contribution in [3.8, 4) is 5.75 Å². The molecule has 0 bridgehead atoms. The van der Waals surface area contributed by atoms with Crippen LogP contribution in [0, 0.1) is 12.7 Å². The van der Waals surface area contributed by atoms with Gasteiger partial charge < -0.3 is 14.2 Å². The van der Waals surface area contributed by atoms with E-state index >= 15 is 0 Å². The number of sulfonamides is 1. The summed E-state index contributed by atoms with van der Waals surface area (Å²) in [6, 6.07) is 7.82. The van der Waals surface area contributed by atoms with E-state index in [4.69, 9.17) is 4.74 Å². The molecule has 0 atom stereocenters. The van der Waals surface area contributed by atoms with Crippen molar-refractivity contribution in [3.05, 3.63) is 58.3 Å². The zero-order valence-electron chi connectivity index (χ0n) is 16.8. The molecule has 30 heavy (non-hydrogen) atoms. The number of rotatable bonds is 6. The van der Waals surface area contributed by atoms with E-state index in [1.807, 2.05) is 6.92 Å². The molecule has 162 valence electrons. The average Bonchev–Trinajstić information content (AvgIpc) is 2.71. The Balaban J connectivity index is 1.51. The Morgan fingerprint density at radius 1 is 1.23 bits per heavy atom. The Bertz CT molecular complexity index is 1090. The number of hydrogen-bond acceptors (Lipinski definition) is 5. The first kappa shape index (κ1) is 22.0. The summed E-state index contributed by atoms with van der Waals surface area (Å²) in [5.74, 6) is -0.529. The molecule has 1 aliphatic rings. The second kappa shape index (κ2) is 8.97. The van der Waals surface area contributed by atoms with E-state index in [0.29, 0.717) is 31.7 Å². The third kappa shape index (κ3) is 5.25. The summed E-state index contributed by atoms with van der Waals surface area (Å²) < 4.78 is 47.3. The van der Waals surface area contributed by atoms with Crippen LogP contribution in [-0.2, 0) is 21.9 Å². The summed E-state index contributed by atoms with van der Waals surface area (Å²) >= 11 is 0. The summed E-state index contributed by atoms with van der Waals surface area (Å²) in [6.45, 7) is 2.24. The highest BCUT2D eigenvalue weighted by molar-refractivity contribution is 7.89. The fourth-order valence-electron chi connectivity index (χ4n) is 3.21. The molecule has 0 radical (unpaired) electrons. The number of hydrogen-bond donors (Lipinski definition) is 1. The second-order valence-corrected chi connectivity index (χ2v) is 8.98. The fraction of sp³-hybridized carbons (Fsp3) is 0.400. The van der Waals surface area contributed by atoms with Gasteiger partial charge in [-0.3, -0.25) is 9.59 Å². The fourth-order valence-corrected chi connectivity index (χ4v) is 4.21. The van der Waals surface area contributed by atoms with Gasteiger partial charge in [-0.2, -0.15) is 0 Å².